The zero-order chi connectivity index (χ0) is 8.67. The third kappa shape index (κ3) is 1.09. The first-order valence-corrected chi connectivity index (χ1v) is 7.04. The molecule has 0 saturated carbocycles. The maximum absolute atomic E-state index is 2.31. The molecular formula is C12H10Ge. The Labute approximate surface area is 84.0 Å². The molecule has 0 radical (unpaired) electrons. The molecule has 0 fully saturated rings. The Kier molecular flexibility index (Phi) is 1.62. The number of hydrogen-bond acceptors (Lipinski definition) is 0. The maximum atomic E-state index is 2.31. The van der Waals surface area contributed by atoms with E-state index >= 15 is 0 Å². The first-order valence-electron chi connectivity index (χ1n) is 4.62. The van der Waals surface area contributed by atoms with Crippen LogP contribution in [0, 0.1) is 0 Å². The normalized spacial score (nSPS) is 17.5. The van der Waals surface area contributed by atoms with Crippen molar-refractivity contribution in [3.63, 3.8) is 0 Å². The fourth-order valence-corrected chi connectivity index (χ4v) is 5.50. The first kappa shape index (κ1) is 7.51. The molecule has 1 aromatic carbocycles. The topological polar surface area (TPSA) is 0 Å². The molecule has 2 aliphatic rings. The Balaban J connectivity index is 2.26. The molecule has 0 nitrogen and oxygen atoms in total. The van der Waals surface area contributed by atoms with Crippen LogP contribution in [-0.2, 0) is 0 Å². The quantitative estimate of drug-likeness (QED) is 0.585. The summed E-state index contributed by atoms with van der Waals surface area (Å²) >= 11 is -0.262. The van der Waals surface area contributed by atoms with E-state index in [-0.39, 0.29) is 15.0 Å². The van der Waals surface area contributed by atoms with Gasteiger partial charge in [0, 0.05) is 0 Å². The van der Waals surface area contributed by atoms with Crippen LogP contribution in [0.5, 0.6) is 0 Å². The molecule has 0 saturated heterocycles. The van der Waals surface area contributed by atoms with Gasteiger partial charge in [-0.1, -0.05) is 0 Å². The predicted octanol–water partition coefficient (Wildman–Crippen LogP) is 1.28. The summed E-state index contributed by atoms with van der Waals surface area (Å²) in [6, 6.07) is 8.90. The monoisotopic (exact) mass is 228 g/mol. The molecular weight excluding hydrogens is 217 g/mol. The van der Waals surface area contributed by atoms with Crippen molar-refractivity contribution in [1.82, 2.24) is 0 Å². The van der Waals surface area contributed by atoms with E-state index in [1.54, 1.807) is 8.75 Å². The summed E-state index contributed by atoms with van der Waals surface area (Å²) in [7, 11) is 0. The van der Waals surface area contributed by atoms with Crippen LogP contribution >= 0.6 is 0 Å². The van der Waals surface area contributed by atoms with Gasteiger partial charge in [0.05, 0.1) is 0 Å². The van der Waals surface area contributed by atoms with Gasteiger partial charge in [-0.05, 0) is 0 Å². The second-order valence-corrected chi connectivity index (χ2v) is 6.84. The minimum absolute atomic E-state index is 0.262. The molecule has 0 aromatic heterocycles. The Hall–Kier alpha value is -0.887. The fraction of sp³-hybridized carbons (Fsp3) is 0.0833. The zero-order valence-corrected chi connectivity index (χ0v) is 9.75. The molecule has 1 aliphatic heterocycles. The number of allylic oxidation sites excluding steroid dienone is 4. The molecule has 13 heavy (non-hydrogen) atoms. The first-order chi connectivity index (χ1) is 6.45. The van der Waals surface area contributed by atoms with Crippen LogP contribution in [0.25, 0.3) is 5.57 Å². The van der Waals surface area contributed by atoms with Gasteiger partial charge in [0.1, 0.15) is 0 Å². The Morgan fingerprint density at radius 1 is 1.15 bits per heavy atom. The third-order valence-electron chi connectivity index (χ3n) is 2.66. The SMILES string of the molecule is C1=CC[C]2=[GeH][c]3ccccc3C2=C1. The summed E-state index contributed by atoms with van der Waals surface area (Å²) in [5.74, 6) is 0. The van der Waals surface area contributed by atoms with Gasteiger partial charge < -0.3 is 0 Å². The molecule has 0 spiro atoms. The van der Waals surface area contributed by atoms with Crippen LogP contribution in [0.1, 0.15) is 12.0 Å². The summed E-state index contributed by atoms with van der Waals surface area (Å²) in [5, 5.41) is 0. The van der Waals surface area contributed by atoms with Gasteiger partial charge in [-0.15, -0.1) is 0 Å². The van der Waals surface area contributed by atoms with Crippen LogP contribution in [0.4, 0.5) is 0 Å². The van der Waals surface area contributed by atoms with E-state index in [9.17, 15) is 0 Å². The van der Waals surface area contributed by atoms with Crippen molar-refractivity contribution in [3.8, 4) is 0 Å². The molecule has 0 N–H and O–H groups in total. The number of fused-ring (bicyclic) bond motifs is 3. The van der Waals surface area contributed by atoms with E-state index in [4.69, 9.17) is 0 Å². The molecule has 1 heterocycles. The standard InChI is InChI=1S/C12H10Ge/c1-3-7-11-9(5-1)10-6-2-4-8-12(10)13-11/h1-7,13H,8H2. The number of hydrogen-bond donors (Lipinski definition) is 0. The Morgan fingerprint density at radius 2 is 2.08 bits per heavy atom. The Morgan fingerprint density at radius 3 is 3.08 bits per heavy atom. The van der Waals surface area contributed by atoms with Gasteiger partial charge in [0.25, 0.3) is 0 Å². The molecule has 62 valence electrons. The summed E-state index contributed by atoms with van der Waals surface area (Å²) < 4.78 is 3.39. The van der Waals surface area contributed by atoms with Crippen LogP contribution in [0.2, 0.25) is 0 Å². The fourth-order valence-electron chi connectivity index (χ4n) is 2.03. The van der Waals surface area contributed by atoms with Crippen molar-refractivity contribution >= 4 is 29.3 Å². The molecule has 0 bridgehead atoms. The predicted molar refractivity (Wildman–Crippen MR) is 60.0 cm³/mol. The van der Waals surface area contributed by atoms with E-state index in [1.807, 2.05) is 0 Å². The van der Waals surface area contributed by atoms with Gasteiger partial charge in [0.2, 0.25) is 0 Å². The summed E-state index contributed by atoms with van der Waals surface area (Å²) in [6.07, 6.45) is 7.96. The van der Waals surface area contributed by atoms with Gasteiger partial charge in [-0.25, -0.2) is 0 Å². The van der Waals surface area contributed by atoms with Crippen molar-refractivity contribution in [2.24, 2.45) is 0 Å². The molecule has 1 aliphatic carbocycles. The van der Waals surface area contributed by atoms with E-state index < -0.39 is 0 Å². The average molecular weight is 227 g/mol. The van der Waals surface area contributed by atoms with Crippen LogP contribution < -0.4 is 4.40 Å². The van der Waals surface area contributed by atoms with E-state index in [1.165, 1.54) is 17.6 Å². The van der Waals surface area contributed by atoms with Crippen LogP contribution in [0.3, 0.4) is 0 Å². The zero-order valence-electron chi connectivity index (χ0n) is 7.33. The second-order valence-electron chi connectivity index (χ2n) is 3.47. The molecule has 3 rings (SSSR count). The van der Waals surface area contributed by atoms with Gasteiger partial charge in [-0.2, -0.15) is 0 Å². The van der Waals surface area contributed by atoms with E-state index in [0.29, 0.717) is 0 Å². The van der Waals surface area contributed by atoms with Gasteiger partial charge in [0.15, 0.2) is 0 Å². The van der Waals surface area contributed by atoms with Gasteiger partial charge in [-0.3, -0.25) is 0 Å². The molecule has 0 atom stereocenters. The minimum atomic E-state index is -0.262. The third-order valence-corrected chi connectivity index (χ3v) is 6.25. The number of rotatable bonds is 0. The molecule has 1 aromatic rings. The molecule has 0 unspecified atom stereocenters. The Bertz CT molecular complexity index is 450. The van der Waals surface area contributed by atoms with Crippen molar-refractivity contribution in [3.05, 3.63) is 48.1 Å². The number of benzene rings is 1. The summed E-state index contributed by atoms with van der Waals surface area (Å²) in [6.45, 7) is 0. The van der Waals surface area contributed by atoms with Crippen molar-refractivity contribution < 1.29 is 0 Å². The van der Waals surface area contributed by atoms with Crippen molar-refractivity contribution in [1.29, 1.82) is 0 Å². The van der Waals surface area contributed by atoms with E-state index in [0.717, 1.165) is 0 Å². The molecule has 0 amide bonds. The van der Waals surface area contributed by atoms with Gasteiger partial charge >= 0.3 is 83.8 Å². The van der Waals surface area contributed by atoms with Crippen LogP contribution in [0.15, 0.2) is 42.5 Å². The van der Waals surface area contributed by atoms with Crippen molar-refractivity contribution in [2.45, 2.75) is 6.42 Å². The van der Waals surface area contributed by atoms with Crippen molar-refractivity contribution in [2.75, 3.05) is 0 Å². The van der Waals surface area contributed by atoms with E-state index in [2.05, 4.69) is 42.5 Å². The molecule has 1 heteroatoms. The summed E-state index contributed by atoms with van der Waals surface area (Å²) in [4.78, 5) is 0. The summed E-state index contributed by atoms with van der Waals surface area (Å²) in [5.41, 5.74) is 3.06. The second kappa shape index (κ2) is 2.81. The van der Waals surface area contributed by atoms with Crippen LogP contribution in [-0.4, -0.2) is 19.3 Å². The average Bonchev–Trinajstić information content (AvgIpc) is 2.56.